The van der Waals surface area contributed by atoms with E-state index in [0.717, 1.165) is 20.1 Å². The third-order valence-corrected chi connectivity index (χ3v) is 5.86. The predicted molar refractivity (Wildman–Crippen MR) is 105 cm³/mol. The number of benzene rings is 2. The van der Waals surface area contributed by atoms with E-state index in [2.05, 4.69) is 15.2 Å². The predicted octanol–water partition coefficient (Wildman–Crippen LogP) is 4.74. The van der Waals surface area contributed by atoms with Crippen LogP contribution in [-0.2, 0) is 9.53 Å². The summed E-state index contributed by atoms with van der Waals surface area (Å²) in [6.45, 7) is 1.71. The second kappa shape index (κ2) is 7.89. The monoisotopic (exact) mass is 397 g/mol. The van der Waals surface area contributed by atoms with Crippen molar-refractivity contribution in [1.29, 1.82) is 0 Å². The van der Waals surface area contributed by atoms with Gasteiger partial charge in [-0.05, 0) is 31.2 Å². The molecule has 6 nitrogen and oxygen atoms in total. The molecule has 0 N–H and O–H groups in total. The highest BCUT2D eigenvalue weighted by atomic mass is 32.2. The maximum Gasteiger partial charge on any atom is 0.317 e. The van der Waals surface area contributed by atoms with Crippen LogP contribution >= 0.6 is 23.1 Å². The zero-order chi connectivity index (χ0) is 18.6. The number of ether oxygens (including phenoxy) is 1. The molecule has 2 heterocycles. The highest BCUT2D eigenvalue weighted by molar-refractivity contribution is 8.01. The SMILES string of the molecule is C[C@@H](OC(=O)CSc1nc2ccccc2s1)c1nnc(-c2ccccc2)o1. The smallest absolute Gasteiger partial charge is 0.317 e. The first kappa shape index (κ1) is 17.7. The van der Waals surface area contributed by atoms with E-state index in [4.69, 9.17) is 9.15 Å². The average Bonchev–Trinajstić information content (AvgIpc) is 3.34. The first-order chi connectivity index (χ1) is 13.2. The molecule has 27 heavy (non-hydrogen) atoms. The van der Waals surface area contributed by atoms with Gasteiger partial charge in [0.1, 0.15) is 0 Å². The number of hydrogen-bond acceptors (Lipinski definition) is 8. The van der Waals surface area contributed by atoms with Gasteiger partial charge in [0.15, 0.2) is 10.4 Å². The van der Waals surface area contributed by atoms with E-state index in [0.29, 0.717) is 5.89 Å². The number of thioether (sulfide) groups is 1. The number of thiazole rings is 1. The molecule has 136 valence electrons. The lowest BCUT2D eigenvalue weighted by atomic mass is 10.2. The quantitative estimate of drug-likeness (QED) is 0.343. The minimum absolute atomic E-state index is 0.170. The molecule has 0 fully saturated rings. The molecule has 2 aromatic carbocycles. The number of nitrogens with zero attached hydrogens (tertiary/aromatic N) is 3. The molecule has 0 saturated heterocycles. The lowest BCUT2D eigenvalue weighted by Crippen LogP contribution is -2.11. The van der Waals surface area contributed by atoms with E-state index < -0.39 is 6.10 Å². The van der Waals surface area contributed by atoms with Gasteiger partial charge in [-0.2, -0.15) is 0 Å². The standard InChI is InChI=1S/C19H15N3O3S2/c1-12(17-21-22-18(25-17)13-7-3-2-4-8-13)24-16(23)11-26-19-20-14-9-5-6-10-15(14)27-19/h2-10,12H,11H2,1H3/t12-/m1/s1. The Hall–Kier alpha value is -2.71. The molecule has 0 radical (unpaired) electrons. The Kier molecular flexibility index (Phi) is 5.17. The van der Waals surface area contributed by atoms with Crippen LogP contribution in [0.15, 0.2) is 63.4 Å². The molecule has 0 aliphatic carbocycles. The molecule has 8 heteroatoms. The normalized spacial score (nSPS) is 12.2. The van der Waals surface area contributed by atoms with Crippen molar-refractivity contribution in [2.24, 2.45) is 0 Å². The third-order valence-electron chi connectivity index (χ3n) is 3.71. The first-order valence-electron chi connectivity index (χ1n) is 8.26. The van der Waals surface area contributed by atoms with Gasteiger partial charge in [0.25, 0.3) is 5.89 Å². The fourth-order valence-electron chi connectivity index (χ4n) is 2.41. The summed E-state index contributed by atoms with van der Waals surface area (Å²) in [5.74, 6) is 0.486. The number of fused-ring (bicyclic) bond motifs is 1. The van der Waals surface area contributed by atoms with Crippen LogP contribution < -0.4 is 0 Å². The maximum atomic E-state index is 12.1. The van der Waals surface area contributed by atoms with E-state index in [9.17, 15) is 4.79 Å². The van der Waals surface area contributed by atoms with Crippen LogP contribution in [0.2, 0.25) is 0 Å². The molecular weight excluding hydrogens is 382 g/mol. The van der Waals surface area contributed by atoms with E-state index in [1.165, 1.54) is 11.8 Å². The zero-order valence-corrected chi connectivity index (χ0v) is 16.0. The second-order valence-electron chi connectivity index (χ2n) is 5.68. The van der Waals surface area contributed by atoms with Gasteiger partial charge in [-0.25, -0.2) is 4.98 Å². The molecule has 4 rings (SSSR count). The third kappa shape index (κ3) is 4.17. The van der Waals surface area contributed by atoms with Crippen molar-refractivity contribution >= 4 is 39.3 Å². The van der Waals surface area contributed by atoms with Crippen LogP contribution in [0.5, 0.6) is 0 Å². The van der Waals surface area contributed by atoms with Gasteiger partial charge < -0.3 is 9.15 Å². The fourth-order valence-corrected chi connectivity index (χ4v) is 4.26. The van der Waals surface area contributed by atoms with Crippen LogP contribution in [0.3, 0.4) is 0 Å². The molecular formula is C19H15N3O3S2. The van der Waals surface area contributed by atoms with Crippen LogP contribution in [0, 0.1) is 0 Å². The molecule has 0 saturated carbocycles. The van der Waals surface area contributed by atoms with Gasteiger partial charge in [-0.1, -0.05) is 42.1 Å². The summed E-state index contributed by atoms with van der Waals surface area (Å²) in [5.41, 5.74) is 1.76. The van der Waals surface area contributed by atoms with Crippen LogP contribution in [0.4, 0.5) is 0 Å². The number of hydrogen-bond donors (Lipinski definition) is 0. The minimum Gasteiger partial charge on any atom is -0.452 e. The first-order valence-corrected chi connectivity index (χ1v) is 10.1. The van der Waals surface area contributed by atoms with E-state index >= 15 is 0 Å². The molecule has 0 amide bonds. The lowest BCUT2D eigenvalue weighted by Gasteiger charge is -2.08. The highest BCUT2D eigenvalue weighted by Crippen LogP contribution is 2.30. The van der Waals surface area contributed by atoms with Gasteiger partial charge in [0, 0.05) is 5.56 Å². The zero-order valence-electron chi connectivity index (χ0n) is 14.4. The Labute approximate surface area is 163 Å². The van der Waals surface area contributed by atoms with Gasteiger partial charge in [0.05, 0.1) is 16.0 Å². The number of carbonyl (C=O) groups excluding carboxylic acids is 1. The summed E-state index contributed by atoms with van der Waals surface area (Å²) in [6, 6.07) is 17.3. The molecule has 2 aromatic heterocycles. The van der Waals surface area contributed by atoms with Crippen molar-refractivity contribution in [3.05, 3.63) is 60.5 Å². The van der Waals surface area contributed by atoms with E-state index in [-0.39, 0.29) is 17.6 Å². The second-order valence-corrected chi connectivity index (χ2v) is 7.93. The van der Waals surface area contributed by atoms with Crippen molar-refractivity contribution in [3.8, 4) is 11.5 Å². The minimum atomic E-state index is -0.613. The number of carbonyl (C=O) groups is 1. The molecule has 0 aliphatic heterocycles. The van der Waals surface area contributed by atoms with Crippen molar-refractivity contribution in [2.45, 2.75) is 17.4 Å². The summed E-state index contributed by atoms with van der Waals surface area (Å²) in [4.78, 5) is 16.6. The molecule has 0 spiro atoms. The lowest BCUT2D eigenvalue weighted by molar-refractivity contribution is -0.146. The number of rotatable bonds is 6. The molecule has 0 bridgehead atoms. The van der Waals surface area contributed by atoms with Crippen molar-refractivity contribution in [3.63, 3.8) is 0 Å². The Bertz CT molecular complexity index is 1030. The largest absolute Gasteiger partial charge is 0.452 e. The topological polar surface area (TPSA) is 78.1 Å². The van der Waals surface area contributed by atoms with E-state index in [1.807, 2.05) is 54.6 Å². The number of para-hydroxylation sites is 1. The van der Waals surface area contributed by atoms with Crippen LogP contribution in [0.1, 0.15) is 18.9 Å². The Balaban J connectivity index is 1.34. The van der Waals surface area contributed by atoms with Crippen LogP contribution in [-0.4, -0.2) is 26.9 Å². The summed E-state index contributed by atoms with van der Waals surface area (Å²) in [5, 5.41) is 7.99. The van der Waals surface area contributed by atoms with Gasteiger partial charge in [0.2, 0.25) is 5.89 Å². The van der Waals surface area contributed by atoms with Gasteiger partial charge >= 0.3 is 5.97 Å². The van der Waals surface area contributed by atoms with Crippen LogP contribution in [0.25, 0.3) is 21.7 Å². The Morgan fingerprint density at radius 2 is 1.93 bits per heavy atom. The summed E-state index contributed by atoms with van der Waals surface area (Å²) < 4.78 is 13.0. The molecule has 4 aromatic rings. The Morgan fingerprint density at radius 3 is 2.74 bits per heavy atom. The maximum absolute atomic E-state index is 12.1. The summed E-state index contributed by atoms with van der Waals surface area (Å²) in [6.07, 6.45) is -0.613. The number of esters is 1. The van der Waals surface area contributed by atoms with E-state index in [1.54, 1.807) is 18.3 Å². The van der Waals surface area contributed by atoms with Gasteiger partial charge in [-0.15, -0.1) is 21.5 Å². The van der Waals surface area contributed by atoms with Crippen molar-refractivity contribution in [1.82, 2.24) is 15.2 Å². The average molecular weight is 397 g/mol. The van der Waals surface area contributed by atoms with Gasteiger partial charge in [-0.3, -0.25) is 4.79 Å². The van der Waals surface area contributed by atoms with Crippen molar-refractivity contribution in [2.75, 3.05) is 5.75 Å². The molecule has 0 unspecified atom stereocenters. The summed E-state index contributed by atoms with van der Waals surface area (Å²) >= 11 is 2.92. The fraction of sp³-hybridized carbons (Fsp3) is 0.158. The van der Waals surface area contributed by atoms with Crippen molar-refractivity contribution < 1.29 is 13.9 Å². The molecule has 1 atom stereocenters. The summed E-state index contributed by atoms with van der Waals surface area (Å²) in [7, 11) is 0. The Morgan fingerprint density at radius 1 is 1.15 bits per heavy atom. The molecule has 0 aliphatic rings. The highest BCUT2D eigenvalue weighted by Gasteiger charge is 2.19. The number of aromatic nitrogens is 3.